The number of alkyl halides is 1. The molecule has 2 aliphatic heterocycles. The Hall–Kier alpha value is -0.610. The SMILES string of the molecule is O=C(c1cccnc1Cl)N1[C@H]2CC[C@@H]1[C@@H](Br)C2. The molecule has 2 bridgehead atoms. The first-order valence-corrected chi connectivity index (χ1v) is 7.05. The molecule has 0 aliphatic carbocycles. The van der Waals surface area contributed by atoms with Crippen molar-refractivity contribution in [2.45, 2.75) is 36.2 Å². The van der Waals surface area contributed by atoms with Crippen molar-refractivity contribution in [2.24, 2.45) is 0 Å². The zero-order valence-corrected chi connectivity index (χ0v) is 11.5. The van der Waals surface area contributed by atoms with Crippen LogP contribution in [-0.2, 0) is 0 Å². The summed E-state index contributed by atoms with van der Waals surface area (Å²) < 4.78 is 0. The van der Waals surface area contributed by atoms with Crippen LogP contribution in [0.15, 0.2) is 18.3 Å². The highest BCUT2D eigenvalue weighted by Crippen LogP contribution is 2.42. The molecule has 90 valence electrons. The van der Waals surface area contributed by atoms with Gasteiger partial charge in [0.25, 0.3) is 5.91 Å². The lowest BCUT2D eigenvalue weighted by atomic mass is 10.0. The highest BCUT2D eigenvalue weighted by Gasteiger charge is 2.47. The fourth-order valence-electron chi connectivity index (χ4n) is 2.92. The van der Waals surface area contributed by atoms with Gasteiger partial charge < -0.3 is 4.90 Å². The molecule has 0 aromatic carbocycles. The Kier molecular flexibility index (Phi) is 2.87. The van der Waals surface area contributed by atoms with Gasteiger partial charge in [-0.3, -0.25) is 4.79 Å². The Morgan fingerprint density at radius 3 is 2.94 bits per heavy atom. The van der Waals surface area contributed by atoms with Gasteiger partial charge in [0.2, 0.25) is 0 Å². The number of fused-ring (bicyclic) bond motifs is 2. The summed E-state index contributed by atoms with van der Waals surface area (Å²) in [5.74, 6) is 0.0255. The summed E-state index contributed by atoms with van der Waals surface area (Å²) in [5, 5.41) is 0.301. The molecular formula is C12H12BrClN2O. The number of hydrogen-bond donors (Lipinski definition) is 0. The first-order valence-electron chi connectivity index (χ1n) is 5.75. The van der Waals surface area contributed by atoms with E-state index in [0.717, 1.165) is 19.3 Å². The zero-order valence-electron chi connectivity index (χ0n) is 9.14. The molecule has 3 heterocycles. The van der Waals surface area contributed by atoms with E-state index in [1.807, 2.05) is 4.90 Å². The molecule has 3 rings (SSSR count). The van der Waals surface area contributed by atoms with Crippen molar-refractivity contribution in [2.75, 3.05) is 0 Å². The van der Waals surface area contributed by atoms with E-state index in [-0.39, 0.29) is 5.91 Å². The topological polar surface area (TPSA) is 33.2 Å². The molecule has 5 heteroatoms. The minimum Gasteiger partial charge on any atom is -0.331 e. The lowest BCUT2D eigenvalue weighted by molar-refractivity contribution is 0.0731. The molecule has 1 aromatic rings. The molecule has 1 amide bonds. The van der Waals surface area contributed by atoms with Gasteiger partial charge in [0.15, 0.2) is 0 Å². The monoisotopic (exact) mass is 314 g/mol. The summed E-state index contributed by atoms with van der Waals surface area (Å²) in [6, 6.07) is 4.19. The highest BCUT2D eigenvalue weighted by atomic mass is 79.9. The predicted molar refractivity (Wildman–Crippen MR) is 69.6 cm³/mol. The van der Waals surface area contributed by atoms with Gasteiger partial charge in [-0.1, -0.05) is 27.5 Å². The molecule has 0 unspecified atom stereocenters. The van der Waals surface area contributed by atoms with Crippen LogP contribution in [-0.4, -0.2) is 32.7 Å². The molecule has 3 atom stereocenters. The fraction of sp³-hybridized carbons (Fsp3) is 0.500. The van der Waals surface area contributed by atoms with Crippen molar-refractivity contribution in [3.05, 3.63) is 29.0 Å². The van der Waals surface area contributed by atoms with Crippen LogP contribution < -0.4 is 0 Å². The van der Waals surface area contributed by atoms with E-state index in [4.69, 9.17) is 11.6 Å². The van der Waals surface area contributed by atoms with Crippen molar-refractivity contribution in [3.63, 3.8) is 0 Å². The summed E-state index contributed by atoms with van der Waals surface area (Å²) in [4.78, 5) is 18.8. The number of halogens is 2. The van der Waals surface area contributed by atoms with Crippen LogP contribution in [0.25, 0.3) is 0 Å². The van der Waals surface area contributed by atoms with E-state index in [1.54, 1.807) is 18.3 Å². The second kappa shape index (κ2) is 4.25. The number of rotatable bonds is 1. The Morgan fingerprint density at radius 1 is 1.53 bits per heavy atom. The molecule has 0 N–H and O–H groups in total. The maximum atomic E-state index is 12.5. The third kappa shape index (κ3) is 1.78. The quantitative estimate of drug-likeness (QED) is 0.590. The van der Waals surface area contributed by atoms with Crippen LogP contribution >= 0.6 is 27.5 Å². The third-order valence-corrected chi connectivity index (χ3v) is 4.97. The van der Waals surface area contributed by atoms with Crippen molar-refractivity contribution < 1.29 is 4.79 Å². The van der Waals surface area contributed by atoms with Gasteiger partial charge >= 0.3 is 0 Å². The van der Waals surface area contributed by atoms with Gasteiger partial charge in [-0.25, -0.2) is 4.98 Å². The van der Waals surface area contributed by atoms with Gasteiger partial charge in [0.1, 0.15) is 5.15 Å². The average Bonchev–Trinajstić information content (AvgIpc) is 2.85. The van der Waals surface area contributed by atoms with Crippen LogP contribution in [0.5, 0.6) is 0 Å². The Labute approximate surface area is 113 Å². The van der Waals surface area contributed by atoms with Gasteiger partial charge in [-0.2, -0.15) is 0 Å². The maximum Gasteiger partial charge on any atom is 0.257 e. The number of amides is 1. The highest BCUT2D eigenvalue weighted by molar-refractivity contribution is 9.09. The number of nitrogens with zero attached hydrogens (tertiary/aromatic N) is 2. The molecule has 2 saturated heterocycles. The zero-order chi connectivity index (χ0) is 12.0. The number of carbonyl (C=O) groups is 1. The van der Waals surface area contributed by atoms with Crippen LogP contribution in [0.3, 0.4) is 0 Å². The predicted octanol–water partition coefficient (Wildman–Crippen LogP) is 2.88. The largest absolute Gasteiger partial charge is 0.331 e. The average molecular weight is 316 g/mol. The maximum absolute atomic E-state index is 12.5. The minimum atomic E-state index is 0.0255. The van der Waals surface area contributed by atoms with Crippen molar-refractivity contribution >= 4 is 33.4 Å². The molecule has 3 nitrogen and oxygen atoms in total. The first-order chi connectivity index (χ1) is 8.18. The molecule has 2 fully saturated rings. The second-order valence-corrected chi connectivity index (χ2v) is 6.14. The van der Waals surface area contributed by atoms with Crippen LogP contribution in [0.4, 0.5) is 0 Å². The normalized spacial score (nSPS) is 30.9. The van der Waals surface area contributed by atoms with E-state index in [1.165, 1.54) is 0 Å². The molecule has 1 aromatic heterocycles. The molecule has 0 radical (unpaired) electrons. The third-order valence-electron chi connectivity index (χ3n) is 3.69. The Morgan fingerprint density at radius 2 is 2.35 bits per heavy atom. The number of aromatic nitrogens is 1. The first kappa shape index (κ1) is 11.5. The van der Waals surface area contributed by atoms with Crippen LogP contribution in [0, 0.1) is 0 Å². The van der Waals surface area contributed by atoms with Gasteiger partial charge in [-0.15, -0.1) is 0 Å². The van der Waals surface area contributed by atoms with E-state index in [9.17, 15) is 4.79 Å². The van der Waals surface area contributed by atoms with Crippen molar-refractivity contribution in [1.29, 1.82) is 0 Å². The summed E-state index contributed by atoms with van der Waals surface area (Å²) in [5.41, 5.74) is 0.521. The van der Waals surface area contributed by atoms with Crippen molar-refractivity contribution in [3.8, 4) is 0 Å². The number of hydrogen-bond acceptors (Lipinski definition) is 2. The molecule has 0 saturated carbocycles. The minimum absolute atomic E-state index is 0.0255. The smallest absolute Gasteiger partial charge is 0.257 e. The molecule has 0 spiro atoms. The van der Waals surface area contributed by atoms with Gasteiger partial charge in [0.05, 0.1) is 5.56 Å². The van der Waals surface area contributed by atoms with Gasteiger partial charge in [0, 0.05) is 23.1 Å². The van der Waals surface area contributed by atoms with E-state index in [2.05, 4.69) is 20.9 Å². The summed E-state index contributed by atoms with van der Waals surface area (Å²) in [7, 11) is 0. The van der Waals surface area contributed by atoms with Crippen molar-refractivity contribution in [1.82, 2.24) is 9.88 Å². The second-order valence-electron chi connectivity index (χ2n) is 4.60. The van der Waals surface area contributed by atoms with E-state index in [0.29, 0.717) is 27.6 Å². The Balaban J connectivity index is 1.91. The Bertz CT molecular complexity index is 468. The van der Waals surface area contributed by atoms with Crippen LogP contribution in [0.2, 0.25) is 5.15 Å². The fourth-order valence-corrected chi connectivity index (χ4v) is 4.07. The number of carbonyl (C=O) groups excluding carboxylic acids is 1. The summed E-state index contributed by atoms with van der Waals surface area (Å²) in [6.07, 6.45) is 4.85. The molecule has 2 aliphatic rings. The molecule has 17 heavy (non-hydrogen) atoms. The molecular weight excluding hydrogens is 304 g/mol. The van der Waals surface area contributed by atoms with E-state index < -0.39 is 0 Å². The standard InChI is InChI=1S/C12H12BrClN2O/c13-9-6-7-3-4-10(9)16(7)12(17)8-2-1-5-15-11(8)14/h1-2,5,7,9-10H,3-4,6H2/t7-,9-,10+/m0/s1. The number of pyridine rings is 1. The summed E-state index contributed by atoms with van der Waals surface area (Å²) >= 11 is 9.63. The lowest BCUT2D eigenvalue weighted by Crippen LogP contribution is -2.36. The van der Waals surface area contributed by atoms with Crippen LogP contribution in [0.1, 0.15) is 29.6 Å². The van der Waals surface area contributed by atoms with E-state index >= 15 is 0 Å². The summed E-state index contributed by atoms with van der Waals surface area (Å²) in [6.45, 7) is 0. The van der Waals surface area contributed by atoms with Gasteiger partial charge in [-0.05, 0) is 31.4 Å². The lowest BCUT2D eigenvalue weighted by Gasteiger charge is -2.22.